The van der Waals surface area contributed by atoms with Crippen molar-refractivity contribution in [3.63, 3.8) is 0 Å². The molecule has 0 aliphatic carbocycles. The number of ether oxygens (including phenoxy) is 2. The highest BCUT2D eigenvalue weighted by atomic mass is 16.6. The van der Waals surface area contributed by atoms with Crippen LogP contribution in [-0.4, -0.2) is 30.8 Å². The van der Waals surface area contributed by atoms with Crippen molar-refractivity contribution < 1.29 is 18.8 Å². The predicted octanol–water partition coefficient (Wildman–Crippen LogP) is 0.272. The summed E-state index contributed by atoms with van der Waals surface area (Å²) in [5.74, 6) is -0.191. The van der Waals surface area contributed by atoms with E-state index in [1.807, 2.05) is 17.7 Å². The van der Waals surface area contributed by atoms with Gasteiger partial charge in [0.2, 0.25) is 6.33 Å². The van der Waals surface area contributed by atoms with E-state index in [0.29, 0.717) is 32.8 Å². The van der Waals surface area contributed by atoms with Crippen LogP contribution < -0.4 is 4.57 Å². The third-order valence-corrected chi connectivity index (χ3v) is 1.87. The summed E-state index contributed by atoms with van der Waals surface area (Å²) < 4.78 is 11.9. The summed E-state index contributed by atoms with van der Waals surface area (Å²) in [6.45, 7) is 4.00. The first-order chi connectivity index (χ1) is 7.33. The summed E-state index contributed by atoms with van der Waals surface area (Å²) in [5.41, 5.74) is 0. The summed E-state index contributed by atoms with van der Waals surface area (Å²) in [6, 6.07) is 0. The normalized spacial score (nSPS) is 10.2. The van der Waals surface area contributed by atoms with Crippen LogP contribution in [0.25, 0.3) is 0 Å². The number of hydrogen-bond acceptors (Lipinski definition) is 3. The molecule has 1 rings (SSSR count). The van der Waals surface area contributed by atoms with Crippen molar-refractivity contribution in [2.75, 3.05) is 19.8 Å². The quantitative estimate of drug-likeness (QED) is 0.402. The van der Waals surface area contributed by atoms with Crippen molar-refractivity contribution in [1.29, 1.82) is 0 Å². The molecular weight excluding hydrogens is 196 g/mol. The van der Waals surface area contributed by atoms with Gasteiger partial charge in [0.25, 0.3) is 0 Å². The van der Waals surface area contributed by atoms with E-state index >= 15 is 0 Å². The molecule has 0 saturated heterocycles. The van der Waals surface area contributed by atoms with Gasteiger partial charge in [0.1, 0.15) is 25.5 Å². The summed E-state index contributed by atoms with van der Waals surface area (Å²) in [6.07, 6.45) is 5.86. The van der Waals surface area contributed by atoms with Crippen LogP contribution >= 0.6 is 0 Å². The third kappa shape index (κ3) is 5.17. The SMILES string of the molecule is CCOCCOC(=O)CC[n+]1cc[nH]c1. The molecule has 0 bridgehead atoms. The first-order valence-corrected chi connectivity index (χ1v) is 5.08. The molecular formula is C10H17N2O3+. The maximum Gasteiger partial charge on any atom is 0.309 e. The molecule has 1 heterocycles. The summed E-state index contributed by atoms with van der Waals surface area (Å²) >= 11 is 0. The van der Waals surface area contributed by atoms with Crippen LogP contribution in [0.1, 0.15) is 13.3 Å². The maximum atomic E-state index is 11.2. The largest absolute Gasteiger partial charge is 0.463 e. The zero-order chi connectivity index (χ0) is 10.9. The van der Waals surface area contributed by atoms with Gasteiger partial charge >= 0.3 is 5.97 Å². The molecule has 0 unspecified atom stereocenters. The minimum Gasteiger partial charge on any atom is -0.463 e. The zero-order valence-corrected chi connectivity index (χ0v) is 8.94. The monoisotopic (exact) mass is 213 g/mol. The van der Waals surface area contributed by atoms with Crippen molar-refractivity contribution in [3.05, 3.63) is 18.7 Å². The molecule has 5 nitrogen and oxygen atoms in total. The van der Waals surface area contributed by atoms with Crippen LogP contribution in [-0.2, 0) is 20.8 Å². The fourth-order valence-electron chi connectivity index (χ4n) is 1.11. The number of carbonyl (C=O) groups is 1. The van der Waals surface area contributed by atoms with Crippen molar-refractivity contribution in [3.8, 4) is 0 Å². The van der Waals surface area contributed by atoms with E-state index < -0.39 is 0 Å². The molecule has 84 valence electrons. The second-order valence-corrected chi connectivity index (χ2v) is 3.02. The zero-order valence-electron chi connectivity index (χ0n) is 8.94. The van der Waals surface area contributed by atoms with E-state index in [0.717, 1.165) is 0 Å². The Morgan fingerprint density at radius 1 is 1.47 bits per heavy atom. The Bertz CT molecular complexity index is 272. The molecule has 15 heavy (non-hydrogen) atoms. The lowest BCUT2D eigenvalue weighted by atomic mass is 10.4. The highest BCUT2D eigenvalue weighted by Gasteiger charge is 2.05. The number of aryl methyl sites for hydroxylation is 1. The Labute approximate surface area is 89.0 Å². The Morgan fingerprint density at radius 3 is 3.00 bits per heavy atom. The second kappa shape index (κ2) is 7.00. The number of nitrogens with zero attached hydrogens (tertiary/aromatic N) is 1. The van der Waals surface area contributed by atoms with E-state index in [-0.39, 0.29) is 5.97 Å². The predicted molar refractivity (Wildman–Crippen MR) is 53.1 cm³/mol. The molecule has 0 saturated carbocycles. The van der Waals surface area contributed by atoms with Crippen molar-refractivity contribution in [2.24, 2.45) is 0 Å². The summed E-state index contributed by atoms with van der Waals surface area (Å²) in [5, 5.41) is 0. The van der Waals surface area contributed by atoms with Crippen molar-refractivity contribution >= 4 is 5.97 Å². The van der Waals surface area contributed by atoms with Gasteiger partial charge in [0, 0.05) is 6.61 Å². The second-order valence-electron chi connectivity index (χ2n) is 3.02. The molecule has 0 atom stereocenters. The minimum absolute atomic E-state index is 0.191. The topological polar surface area (TPSA) is 55.2 Å². The number of imidazole rings is 1. The first-order valence-electron chi connectivity index (χ1n) is 5.08. The fraction of sp³-hybridized carbons (Fsp3) is 0.600. The fourth-order valence-corrected chi connectivity index (χ4v) is 1.11. The van der Waals surface area contributed by atoms with Gasteiger partial charge in [-0.3, -0.25) is 9.78 Å². The van der Waals surface area contributed by atoms with Crippen molar-refractivity contribution in [2.45, 2.75) is 19.9 Å². The lowest BCUT2D eigenvalue weighted by Crippen LogP contribution is -2.32. The van der Waals surface area contributed by atoms with Crippen LogP contribution in [0, 0.1) is 0 Å². The van der Waals surface area contributed by atoms with E-state index in [9.17, 15) is 4.79 Å². The van der Waals surface area contributed by atoms with Crippen LogP contribution in [0.3, 0.4) is 0 Å². The van der Waals surface area contributed by atoms with Crippen molar-refractivity contribution in [1.82, 2.24) is 4.98 Å². The lowest BCUT2D eigenvalue weighted by Gasteiger charge is -2.03. The molecule has 1 aromatic rings. The highest BCUT2D eigenvalue weighted by molar-refractivity contribution is 5.68. The first kappa shape index (κ1) is 11.7. The Hall–Kier alpha value is -1.36. The Balaban J connectivity index is 2.04. The minimum atomic E-state index is -0.191. The van der Waals surface area contributed by atoms with Crippen LogP contribution in [0.5, 0.6) is 0 Å². The average Bonchev–Trinajstić information content (AvgIpc) is 2.74. The Morgan fingerprint density at radius 2 is 2.33 bits per heavy atom. The smallest absolute Gasteiger partial charge is 0.309 e. The number of aromatic nitrogens is 2. The van der Waals surface area contributed by atoms with Gasteiger partial charge in [-0.2, -0.15) is 0 Å². The maximum absolute atomic E-state index is 11.2. The summed E-state index contributed by atoms with van der Waals surface area (Å²) in [4.78, 5) is 14.1. The molecule has 0 aliphatic heterocycles. The van der Waals surface area contributed by atoms with Gasteiger partial charge in [-0.15, -0.1) is 0 Å². The molecule has 0 radical (unpaired) electrons. The Kier molecular flexibility index (Phi) is 5.47. The number of carbonyl (C=O) groups excluding carboxylic acids is 1. The average molecular weight is 213 g/mol. The van der Waals surface area contributed by atoms with Crippen LogP contribution in [0.4, 0.5) is 0 Å². The van der Waals surface area contributed by atoms with E-state index in [4.69, 9.17) is 9.47 Å². The van der Waals surface area contributed by atoms with Gasteiger partial charge in [-0.1, -0.05) is 0 Å². The number of aromatic amines is 1. The standard InChI is InChI=1S/C10H16N2O3/c1-2-14-7-8-15-10(13)3-5-12-6-4-11-9-12/h4,6,9H,2-3,5,7-8H2,1H3/p+1. The lowest BCUT2D eigenvalue weighted by molar-refractivity contribution is -0.694. The summed E-state index contributed by atoms with van der Waals surface area (Å²) in [7, 11) is 0. The van der Waals surface area contributed by atoms with E-state index in [1.54, 1.807) is 12.5 Å². The van der Waals surface area contributed by atoms with Crippen LogP contribution in [0.15, 0.2) is 18.7 Å². The van der Waals surface area contributed by atoms with E-state index in [2.05, 4.69) is 4.98 Å². The molecule has 5 heteroatoms. The molecule has 0 fully saturated rings. The van der Waals surface area contributed by atoms with E-state index in [1.165, 1.54) is 0 Å². The molecule has 1 N–H and O–H groups in total. The van der Waals surface area contributed by atoms with Gasteiger partial charge < -0.3 is 9.47 Å². The number of hydrogen-bond donors (Lipinski definition) is 1. The molecule has 0 aromatic carbocycles. The highest BCUT2D eigenvalue weighted by Crippen LogP contribution is 1.87. The van der Waals surface area contributed by atoms with Gasteiger partial charge in [-0.05, 0) is 6.92 Å². The van der Waals surface area contributed by atoms with Gasteiger partial charge in [-0.25, -0.2) is 4.57 Å². The molecule has 0 spiro atoms. The molecule has 1 aromatic heterocycles. The third-order valence-electron chi connectivity index (χ3n) is 1.87. The molecule has 0 aliphatic rings. The van der Waals surface area contributed by atoms with Gasteiger partial charge in [0.15, 0.2) is 0 Å². The van der Waals surface area contributed by atoms with Gasteiger partial charge in [0.05, 0.1) is 13.0 Å². The number of rotatable bonds is 7. The number of nitrogens with one attached hydrogen (secondary N) is 1. The van der Waals surface area contributed by atoms with Crippen LogP contribution in [0.2, 0.25) is 0 Å². The molecule has 0 amide bonds. The number of H-pyrrole nitrogens is 1. The number of esters is 1.